The molecule has 2 heterocycles. The molecule has 7 heteroatoms. The Morgan fingerprint density at radius 3 is 2.71 bits per heavy atom. The minimum atomic E-state index is -0.616. The Morgan fingerprint density at radius 1 is 1.23 bits per heavy atom. The first-order valence-corrected chi connectivity index (χ1v) is 11.2. The van der Waals surface area contributed by atoms with Crippen molar-refractivity contribution in [1.29, 1.82) is 0 Å². The molecule has 7 nitrogen and oxygen atoms in total. The molecular weight excluding hydrogens is 398 g/mol. The van der Waals surface area contributed by atoms with Crippen molar-refractivity contribution < 1.29 is 29.3 Å². The van der Waals surface area contributed by atoms with E-state index in [-0.39, 0.29) is 47.7 Å². The molecule has 0 bridgehead atoms. The van der Waals surface area contributed by atoms with Crippen molar-refractivity contribution in [1.82, 2.24) is 4.90 Å². The summed E-state index contributed by atoms with van der Waals surface area (Å²) >= 11 is 0. The summed E-state index contributed by atoms with van der Waals surface area (Å²) in [5.74, 6) is 0.513. The Labute approximate surface area is 182 Å². The Hall–Kier alpha value is -2.54. The summed E-state index contributed by atoms with van der Waals surface area (Å²) in [5, 5.41) is 19.5. The molecule has 1 amide bonds. The zero-order valence-electron chi connectivity index (χ0n) is 18.3. The lowest BCUT2D eigenvalue weighted by Gasteiger charge is -2.41. The van der Waals surface area contributed by atoms with Gasteiger partial charge in [0.25, 0.3) is 5.91 Å². The number of fused-ring (bicyclic) bond motifs is 1. The molecule has 5 atom stereocenters. The molecule has 3 aliphatic rings. The number of ether oxygens (including phenoxy) is 2. The molecule has 4 rings (SSSR count). The highest BCUT2D eigenvalue weighted by Crippen LogP contribution is 2.49. The summed E-state index contributed by atoms with van der Waals surface area (Å²) in [6, 6.07) is 4.30. The highest BCUT2D eigenvalue weighted by molar-refractivity contribution is 6.11. The van der Waals surface area contributed by atoms with E-state index in [1.807, 2.05) is 6.92 Å². The van der Waals surface area contributed by atoms with Gasteiger partial charge >= 0.3 is 0 Å². The van der Waals surface area contributed by atoms with Crippen molar-refractivity contribution in [3.8, 4) is 11.5 Å². The van der Waals surface area contributed by atoms with Crippen LogP contribution in [0.15, 0.2) is 29.5 Å². The van der Waals surface area contributed by atoms with E-state index in [0.717, 1.165) is 12.8 Å². The van der Waals surface area contributed by atoms with Crippen LogP contribution in [0.25, 0.3) is 0 Å². The Kier molecular flexibility index (Phi) is 5.97. The van der Waals surface area contributed by atoms with Crippen LogP contribution in [0.3, 0.4) is 0 Å². The molecule has 0 spiro atoms. The van der Waals surface area contributed by atoms with Gasteiger partial charge in [-0.2, -0.15) is 0 Å². The van der Waals surface area contributed by atoms with Crippen LogP contribution in [-0.2, 0) is 14.3 Å². The number of ketones is 1. The standard InChI is InChI=1S/C24H31NO6/c1-4-30-18-12-15(6-7-17(18)27)20-19-21(28)16-11-13(2)10-14(3)22(16)31-23(19)24(29)25(20)8-5-9-26/h6-7,12-14,16,20,22,26-27H,4-5,8-11H2,1-3H3. The normalized spacial score (nSPS) is 30.2. The number of rotatable bonds is 6. The van der Waals surface area contributed by atoms with Crippen LogP contribution < -0.4 is 4.74 Å². The van der Waals surface area contributed by atoms with Crippen LogP contribution in [0.4, 0.5) is 0 Å². The predicted molar refractivity (Wildman–Crippen MR) is 113 cm³/mol. The second-order valence-corrected chi connectivity index (χ2v) is 8.99. The number of carbonyl (C=O) groups excluding carboxylic acids is 2. The smallest absolute Gasteiger partial charge is 0.290 e. The van der Waals surface area contributed by atoms with Crippen molar-refractivity contribution >= 4 is 11.7 Å². The largest absolute Gasteiger partial charge is 0.504 e. The Morgan fingerprint density at radius 2 is 2.00 bits per heavy atom. The third kappa shape index (κ3) is 3.69. The van der Waals surface area contributed by atoms with E-state index in [1.165, 1.54) is 6.07 Å². The highest BCUT2D eigenvalue weighted by atomic mass is 16.5. The molecule has 168 valence electrons. The quantitative estimate of drug-likeness (QED) is 0.722. The first kappa shape index (κ1) is 21.7. The van der Waals surface area contributed by atoms with E-state index in [0.29, 0.717) is 42.4 Å². The number of hydrogen-bond acceptors (Lipinski definition) is 6. The molecular formula is C24H31NO6. The fourth-order valence-corrected chi connectivity index (χ4v) is 5.41. The number of aliphatic hydroxyl groups is 1. The summed E-state index contributed by atoms with van der Waals surface area (Å²) in [6.45, 7) is 6.68. The molecule has 1 fully saturated rings. The van der Waals surface area contributed by atoms with Gasteiger partial charge in [-0.3, -0.25) is 9.59 Å². The van der Waals surface area contributed by atoms with Crippen molar-refractivity contribution in [2.75, 3.05) is 19.8 Å². The van der Waals surface area contributed by atoms with Gasteiger partial charge in [0.05, 0.1) is 24.1 Å². The first-order valence-electron chi connectivity index (χ1n) is 11.2. The predicted octanol–water partition coefficient (Wildman–Crippen LogP) is 2.96. The van der Waals surface area contributed by atoms with Gasteiger partial charge in [0.2, 0.25) is 0 Å². The van der Waals surface area contributed by atoms with Crippen LogP contribution in [0.5, 0.6) is 11.5 Å². The molecule has 0 radical (unpaired) electrons. The molecule has 0 saturated heterocycles. The molecule has 2 N–H and O–H groups in total. The van der Waals surface area contributed by atoms with Crippen molar-refractivity contribution in [2.24, 2.45) is 17.8 Å². The van der Waals surface area contributed by atoms with E-state index in [4.69, 9.17) is 9.47 Å². The lowest BCUT2D eigenvalue weighted by atomic mass is 9.70. The van der Waals surface area contributed by atoms with Crippen molar-refractivity contribution in [2.45, 2.75) is 52.2 Å². The number of benzene rings is 1. The fraction of sp³-hybridized carbons (Fsp3) is 0.583. The molecule has 1 aromatic rings. The minimum Gasteiger partial charge on any atom is -0.504 e. The van der Waals surface area contributed by atoms with Crippen LogP contribution >= 0.6 is 0 Å². The summed E-state index contributed by atoms with van der Waals surface area (Å²) in [4.78, 5) is 28.6. The van der Waals surface area contributed by atoms with Crippen LogP contribution in [-0.4, -0.2) is 52.7 Å². The molecule has 5 unspecified atom stereocenters. The van der Waals surface area contributed by atoms with Crippen LogP contribution in [0, 0.1) is 17.8 Å². The molecule has 2 aliphatic heterocycles. The van der Waals surface area contributed by atoms with E-state index < -0.39 is 6.04 Å². The fourth-order valence-electron chi connectivity index (χ4n) is 5.41. The third-order valence-corrected chi connectivity index (χ3v) is 6.69. The van der Waals surface area contributed by atoms with Crippen molar-refractivity contribution in [3.63, 3.8) is 0 Å². The maximum Gasteiger partial charge on any atom is 0.290 e. The van der Waals surface area contributed by atoms with Gasteiger partial charge < -0.3 is 24.6 Å². The number of Topliss-reactive ketones (excluding diaryl/α,β-unsaturated/α-hetero) is 1. The maximum absolute atomic E-state index is 13.7. The van der Waals surface area contributed by atoms with Crippen molar-refractivity contribution in [3.05, 3.63) is 35.1 Å². The van der Waals surface area contributed by atoms with E-state index in [2.05, 4.69) is 13.8 Å². The van der Waals surface area contributed by atoms with E-state index >= 15 is 0 Å². The minimum absolute atomic E-state index is 0.00671. The number of hydrogen-bond donors (Lipinski definition) is 2. The Bertz CT molecular complexity index is 909. The number of amides is 1. The van der Waals surface area contributed by atoms with E-state index in [1.54, 1.807) is 17.0 Å². The summed E-state index contributed by atoms with van der Waals surface area (Å²) < 4.78 is 11.8. The number of phenolic OH excluding ortho intramolecular Hbond substituents is 1. The topological polar surface area (TPSA) is 96.3 Å². The van der Waals surface area contributed by atoms with Gasteiger partial charge in [0.15, 0.2) is 23.0 Å². The summed E-state index contributed by atoms with van der Waals surface area (Å²) in [5.41, 5.74) is 1.09. The Balaban J connectivity index is 1.79. The average molecular weight is 430 g/mol. The number of nitrogens with zero attached hydrogens (tertiary/aromatic N) is 1. The van der Waals surface area contributed by atoms with Gasteiger partial charge in [0.1, 0.15) is 6.10 Å². The molecule has 1 aliphatic carbocycles. The molecule has 1 aromatic carbocycles. The third-order valence-electron chi connectivity index (χ3n) is 6.69. The maximum atomic E-state index is 13.7. The number of aliphatic hydroxyl groups excluding tert-OH is 1. The summed E-state index contributed by atoms with van der Waals surface area (Å²) in [6.07, 6.45) is 1.84. The molecule has 0 aromatic heterocycles. The zero-order valence-corrected chi connectivity index (χ0v) is 18.3. The van der Waals surface area contributed by atoms with Gasteiger partial charge in [-0.25, -0.2) is 0 Å². The monoisotopic (exact) mass is 429 g/mol. The van der Waals surface area contributed by atoms with Crippen LogP contribution in [0.2, 0.25) is 0 Å². The second-order valence-electron chi connectivity index (χ2n) is 8.99. The number of aromatic hydroxyl groups is 1. The van der Waals surface area contributed by atoms with Gasteiger partial charge in [-0.1, -0.05) is 19.9 Å². The lowest BCUT2D eigenvalue weighted by Crippen LogP contribution is -2.45. The lowest BCUT2D eigenvalue weighted by molar-refractivity contribution is -0.139. The number of phenols is 1. The van der Waals surface area contributed by atoms with Crippen LogP contribution in [0.1, 0.15) is 51.6 Å². The molecule has 1 saturated carbocycles. The average Bonchev–Trinajstić information content (AvgIpc) is 3.01. The first-order chi connectivity index (χ1) is 14.9. The van der Waals surface area contributed by atoms with Gasteiger partial charge in [0, 0.05) is 13.2 Å². The van der Waals surface area contributed by atoms with E-state index in [9.17, 15) is 19.8 Å². The highest BCUT2D eigenvalue weighted by Gasteiger charge is 2.53. The molecule has 31 heavy (non-hydrogen) atoms. The zero-order chi connectivity index (χ0) is 22.3. The SMILES string of the molecule is CCOc1cc(C2C3=C(OC4C(C)CC(C)CC4C3=O)C(=O)N2CCCO)ccc1O. The number of carbonyl (C=O) groups is 2. The summed E-state index contributed by atoms with van der Waals surface area (Å²) in [7, 11) is 0. The second kappa shape index (κ2) is 8.54. The van der Waals surface area contributed by atoms with Gasteiger partial charge in [-0.15, -0.1) is 0 Å². The van der Waals surface area contributed by atoms with Gasteiger partial charge in [-0.05, 0) is 55.7 Å².